The third-order valence-corrected chi connectivity index (χ3v) is 4.82. The highest BCUT2D eigenvalue weighted by atomic mass is 32.2. The Labute approximate surface area is 124 Å². The Bertz CT molecular complexity index is 729. The van der Waals surface area contributed by atoms with Crippen LogP contribution in [0.15, 0.2) is 53.4 Å². The lowest BCUT2D eigenvalue weighted by atomic mass is 10.2. The molecule has 2 rings (SSSR count). The maximum atomic E-state index is 12.3. The Hall–Kier alpha value is -2.14. The Kier molecular flexibility index (Phi) is 4.43. The monoisotopic (exact) mass is 304 g/mol. The summed E-state index contributed by atoms with van der Waals surface area (Å²) < 4.78 is 24.6. The molecule has 21 heavy (non-hydrogen) atoms. The topological polar surface area (TPSA) is 71.4 Å². The quantitative estimate of drug-likeness (QED) is 0.921. The van der Waals surface area contributed by atoms with Crippen LogP contribution >= 0.6 is 0 Å². The van der Waals surface area contributed by atoms with E-state index in [9.17, 15) is 13.2 Å². The molecule has 0 spiro atoms. The van der Waals surface area contributed by atoms with E-state index in [-0.39, 0.29) is 17.1 Å². The molecular formula is C16H16O4S. The van der Waals surface area contributed by atoms with Crippen LogP contribution in [0.1, 0.15) is 16.7 Å². The predicted octanol–water partition coefficient (Wildman–Crippen LogP) is 2.60. The molecule has 0 aromatic heterocycles. The molecule has 0 amide bonds. The first-order valence-electron chi connectivity index (χ1n) is 6.46. The number of hydrogen-bond acceptors (Lipinski definition) is 3. The van der Waals surface area contributed by atoms with E-state index in [1.165, 1.54) is 24.3 Å². The molecule has 0 atom stereocenters. The fourth-order valence-electron chi connectivity index (χ4n) is 1.98. The van der Waals surface area contributed by atoms with E-state index >= 15 is 0 Å². The van der Waals surface area contributed by atoms with Crippen molar-refractivity contribution in [2.24, 2.45) is 0 Å². The molecule has 5 heteroatoms. The van der Waals surface area contributed by atoms with Gasteiger partial charge in [-0.3, -0.25) is 4.79 Å². The molecule has 2 aromatic carbocycles. The van der Waals surface area contributed by atoms with Gasteiger partial charge < -0.3 is 5.11 Å². The number of carbonyl (C=O) groups is 1. The molecule has 0 radical (unpaired) electrons. The molecule has 0 saturated heterocycles. The van der Waals surface area contributed by atoms with Crippen LogP contribution in [-0.4, -0.2) is 19.5 Å². The van der Waals surface area contributed by atoms with E-state index in [2.05, 4.69) is 0 Å². The number of aliphatic carboxylic acids is 1. The number of aryl methyl sites for hydroxylation is 1. The Morgan fingerprint density at radius 2 is 1.48 bits per heavy atom. The molecule has 0 aliphatic heterocycles. The standard InChI is InChI=1S/C16H16O4S/c1-12-2-4-14(5-3-12)11-21(19,20)15-8-6-13(7-9-15)10-16(17)18/h2-9H,10-11H2,1H3,(H,17,18). The van der Waals surface area contributed by atoms with Gasteiger partial charge >= 0.3 is 5.97 Å². The van der Waals surface area contributed by atoms with Crippen LogP contribution in [0.5, 0.6) is 0 Å². The largest absolute Gasteiger partial charge is 0.481 e. The van der Waals surface area contributed by atoms with Gasteiger partial charge in [-0.05, 0) is 30.2 Å². The minimum Gasteiger partial charge on any atom is -0.481 e. The second-order valence-corrected chi connectivity index (χ2v) is 6.95. The number of carboxylic acid groups (broad SMARTS) is 1. The molecule has 110 valence electrons. The Morgan fingerprint density at radius 1 is 0.952 bits per heavy atom. The van der Waals surface area contributed by atoms with Gasteiger partial charge in [0, 0.05) is 0 Å². The van der Waals surface area contributed by atoms with Crippen molar-refractivity contribution in [3.63, 3.8) is 0 Å². The van der Waals surface area contributed by atoms with E-state index in [0.717, 1.165) is 11.1 Å². The van der Waals surface area contributed by atoms with Crippen LogP contribution in [0.4, 0.5) is 0 Å². The maximum absolute atomic E-state index is 12.3. The third-order valence-electron chi connectivity index (χ3n) is 3.12. The van der Waals surface area contributed by atoms with Crippen LogP contribution < -0.4 is 0 Å². The number of hydrogen-bond donors (Lipinski definition) is 1. The van der Waals surface area contributed by atoms with Gasteiger partial charge in [0.05, 0.1) is 17.1 Å². The zero-order valence-corrected chi connectivity index (χ0v) is 12.4. The van der Waals surface area contributed by atoms with Crippen molar-refractivity contribution in [3.05, 3.63) is 65.2 Å². The highest BCUT2D eigenvalue weighted by molar-refractivity contribution is 7.90. The molecule has 2 aromatic rings. The average Bonchev–Trinajstić information content (AvgIpc) is 2.41. The summed E-state index contributed by atoms with van der Waals surface area (Å²) in [5, 5.41) is 8.70. The minimum absolute atomic E-state index is 0.0639. The fraction of sp³-hybridized carbons (Fsp3) is 0.188. The zero-order valence-electron chi connectivity index (χ0n) is 11.6. The predicted molar refractivity (Wildman–Crippen MR) is 79.9 cm³/mol. The molecule has 4 nitrogen and oxygen atoms in total. The van der Waals surface area contributed by atoms with Crippen molar-refractivity contribution in [2.45, 2.75) is 24.0 Å². The van der Waals surface area contributed by atoms with Gasteiger partial charge in [-0.15, -0.1) is 0 Å². The lowest BCUT2D eigenvalue weighted by Gasteiger charge is -2.06. The second kappa shape index (κ2) is 6.10. The van der Waals surface area contributed by atoms with E-state index < -0.39 is 15.8 Å². The Balaban J connectivity index is 2.19. The summed E-state index contributed by atoms with van der Waals surface area (Å²) in [7, 11) is -3.42. The summed E-state index contributed by atoms with van der Waals surface area (Å²) in [6.45, 7) is 1.94. The molecule has 0 bridgehead atoms. The van der Waals surface area contributed by atoms with Gasteiger partial charge in [-0.25, -0.2) is 8.42 Å². The van der Waals surface area contributed by atoms with Gasteiger partial charge in [0.25, 0.3) is 0 Å². The maximum Gasteiger partial charge on any atom is 0.307 e. The fourth-order valence-corrected chi connectivity index (χ4v) is 3.33. The summed E-state index contributed by atoms with van der Waals surface area (Å²) in [6.07, 6.45) is -0.113. The molecule has 0 fully saturated rings. The molecule has 1 N–H and O–H groups in total. The SMILES string of the molecule is Cc1ccc(CS(=O)(=O)c2ccc(CC(=O)O)cc2)cc1. The van der Waals surface area contributed by atoms with Crippen LogP contribution in [0.25, 0.3) is 0 Å². The van der Waals surface area contributed by atoms with Crippen LogP contribution in [-0.2, 0) is 26.8 Å². The molecular weight excluding hydrogens is 288 g/mol. The summed E-state index contributed by atoms with van der Waals surface area (Å²) >= 11 is 0. The van der Waals surface area contributed by atoms with E-state index in [4.69, 9.17) is 5.11 Å². The van der Waals surface area contributed by atoms with Crippen molar-refractivity contribution in [1.29, 1.82) is 0 Å². The smallest absolute Gasteiger partial charge is 0.307 e. The second-order valence-electron chi connectivity index (χ2n) is 4.96. The Morgan fingerprint density at radius 3 is 2.00 bits per heavy atom. The average molecular weight is 304 g/mol. The van der Waals surface area contributed by atoms with Gasteiger partial charge in [0.2, 0.25) is 0 Å². The van der Waals surface area contributed by atoms with Crippen molar-refractivity contribution in [2.75, 3.05) is 0 Å². The first-order chi connectivity index (χ1) is 9.87. The molecule has 0 aliphatic rings. The van der Waals surface area contributed by atoms with Gasteiger partial charge in [0.1, 0.15) is 0 Å². The van der Waals surface area contributed by atoms with Crippen molar-refractivity contribution < 1.29 is 18.3 Å². The van der Waals surface area contributed by atoms with E-state index in [0.29, 0.717) is 5.56 Å². The van der Waals surface area contributed by atoms with Crippen molar-refractivity contribution >= 4 is 15.8 Å². The van der Waals surface area contributed by atoms with Gasteiger partial charge in [-0.2, -0.15) is 0 Å². The molecule has 0 unspecified atom stereocenters. The first kappa shape index (κ1) is 15.3. The highest BCUT2D eigenvalue weighted by Crippen LogP contribution is 2.17. The number of benzene rings is 2. The lowest BCUT2D eigenvalue weighted by Crippen LogP contribution is -2.06. The van der Waals surface area contributed by atoms with Crippen LogP contribution in [0.3, 0.4) is 0 Å². The first-order valence-corrected chi connectivity index (χ1v) is 8.11. The minimum atomic E-state index is -3.42. The van der Waals surface area contributed by atoms with Crippen LogP contribution in [0, 0.1) is 6.92 Å². The summed E-state index contributed by atoms with van der Waals surface area (Å²) in [5.74, 6) is -1.00. The van der Waals surface area contributed by atoms with Crippen molar-refractivity contribution in [3.8, 4) is 0 Å². The molecule has 0 saturated carbocycles. The summed E-state index contributed by atoms with van der Waals surface area (Å²) in [6, 6.07) is 13.3. The zero-order chi connectivity index (χ0) is 15.5. The van der Waals surface area contributed by atoms with E-state index in [1.54, 1.807) is 12.1 Å². The summed E-state index contributed by atoms with van der Waals surface area (Å²) in [5.41, 5.74) is 2.39. The summed E-state index contributed by atoms with van der Waals surface area (Å²) in [4.78, 5) is 10.8. The highest BCUT2D eigenvalue weighted by Gasteiger charge is 2.15. The van der Waals surface area contributed by atoms with E-state index in [1.807, 2.05) is 19.1 Å². The number of sulfone groups is 1. The number of carboxylic acids is 1. The molecule has 0 aliphatic carbocycles. The third kappa shape index (κ3) is 4.16. The van der Waals surface area contributed by atoms with Gasteiger partial charge in [0.15, 0.2) is 9.84 Å². The number of rotatable bonds is 5. The molecule has 0 heterocycles. The normalized spacial score (nSPS) is 11.3. The van der Waals surface area contributed by atoms with Gasteiger partial charge in [-0.1, -0.05) is 42.0 Å². The van der Waals surface area contributed by atoms with Crippen LogP contribution in [0.2, 0.25) is 0 Å². The van der Waals surface area contributed by atoms with Crippen molar-refractivity contribution in [1.82, 2.24) is 0 Å². The lowest BCUT2D eigenvalue weighted by molar-refractivity contribution is -0.136.